The molecule has 102 valence electrons. The molecule has 18 heavy (non-hydrogen) atoms. The van der Waals surface area contributed by atoms with Crippen LogP contribution in [-0.4, -0.2) is 40.6 Å². The van der Waals surface area contributed by atoms with Crippen molar-refractivity contribution in [2.24, 2.45) is 0 Å². The molecular formula is C12H18O5S. The molecule has 0 heterocycles. The summed E-state index contributed by atoms with van der Waals surface area (Å²) in [7, 11) is -0.528. The Balaban J connectivity index is 3.52. The van der Waals surface area contributed by atoms with Gasteiger partial charge in [0.25, 0.3) is 0 Å². The van der Waals surface area contributed by atoms with Crippen LogP contribution in [0.4, 0.5) is 0 Å². The van der Waals surface area contributed by atoms with Gasteiger partial charge in [-0.15, -0.1) is 0 Å². The van der Waals surface area contributed by atoms with Crippen LogP contribution in [0.3, 0.4) is 0 Å². The van der Waals surface area contributed by atoms with Crippen molar-refractivity contribution >= 4 is 9.84 Å². The van der Waals surface area contributed by atoms with Gasteiger partial charge in [-0.2, -0.15) is 0 Å². The van der Waals surface area contributed by atoms with E-state index in [0.717, 1.165) is 6.26 Å². The SMILES string of the molecule is COc1cc(S(C)(=O)=O)c(OC)cc1C(C)CO. The van der Waals surface area contributed by atoms with Gasteiger partial charge in [-0.1, -0.05) is 6.92 Å². The third-order valence-electron chi connectivity index (χ3n) is 2.72. The van der Waals surface area contributed by atoms with Crippen LogP contribution in [0, 0.1) is 0 Å². The molecule has 1 aromatic carbocycles. The fourth-order valence-electron chi connectivity index (χ4n) is 1.67. The Bertz CT molecular complexity index is 522. The highest BCUT2D eigenvalue weighted by Gasteiger charge is 2.20. The molecule has 0 aliphatic rings. The maximum Gasteiger partial charge on any atom is 0.179 e. The lowest BCUT2D eigenvalue weighted by Gasteiger charge is -2.17. The molecule has 0 aliphatic heterocycles. The van der Waals surface area contributed by atoms with Crippen molar-refractivity contribution in [1.29, 1.82) is 0 Å². The molecular weight excluding hydrogens is 256 g/mol. The lowest BCUT2D eigenvalue weighted by molar-refractivity contribution is 0.269. The van der Waals surface area contributed by atoms with Gasteiger partial charge < -0.3 is 14.6 Å². The molecule has 0 fully saturated rings. The highest BCUT2D eigenvalue weighted by molar-refractivity contribution is 7.90. The number of methoxy groups -OCH3 is 2. The summed E-state index contributed by atoms with van der Waals surface area (Å²) < 4.78 is 33.6. The van der Waals surface area contributed by atoms with Crippen LogP contribution < -0.4 is 9.47 Å². The molecule has 1 N–H and O–H groups in total. The average Bonchev–Trinajstić information content (AvgIpc) is 2.34. The lowest BCUT2D eigenvalue weighted by atomic mass is 10.0. The fourth-order valence-corrected chi connectivity index (χ4v) is 2.50. The van der Waals surface area contributed by atoms with Crippen molar-refractivity contribution in [2.45, 2.75) is 17.7 Å². The maximum absolute atomic E-state index is 11.6. The Morgan fingerprint density at radius 2 is 1.78 bits per heavy atom. The molecule has 0 spiro atoms. The van der Waals surface area contributed by atoms with Gasteiger partial charge in [0.1, 0.15) is 16.4 Å². The molecule has 0 aliphatic carbocycles. The zero-order chi connectivity index (χ0) is 13.9. The third kappa shape index (κ3) is 2.94. The van der Waals surface area contributed by atoms with Crippen LogP contribution in [-0.2, 0) is 9.84 Å². The molecule has 6 heteroatoms. The summed E-state index contributed by atoms with van der Waals surface area (Å²) in [6, 6.07) is 3.02. The van der Waals surface area contributed by atoms with E-state index in [9.17, 15) is 13.5 Å². The van der Waals surface area contributed by atoms with Crippen LogP contribution >= 0.6 is 0 Å². The molecule has 5 nitrogen and oxygen atoms in total. The number of hydrogen-bond acceptors (Lipinski definition) is 5. The smallest absolute Gasteiger partial charge is 0.179 e. The van der Waals surface area contributed by atoms with Gasteiger partial charge in [-0.25, -0.2) is 8.42 Å². The topological polar surface area (TPSA) is 72.8 Å². The lowest BCUT2D eigenvalue weighted by Crippen LogP contribution is -2.07. The maximum atomic E-state index is 11.6. The molecule has 1 aromatic rings. The Kier molecular flexibility index (Phi) is 4.59. The second kappa shape index (κ2) is 5.58. The van der Waals surface area contributed by atoms with Crippen LogP contribution in [0.5, 0.6) is 11.5 Å². The van der Waals surface area contributed by atoms with Crippen LogP contribution in [0.2, 0.25) is 0 Å². The third-order valence-corrected chi connectivity index (χ3v) is 3.84. The Morgan fingerprint density at radius 3 is 2.17 bits per heavy atom. The van der Waals surface area contributed by atoms with Gasteiger partial charge >= 0.3 is 0 Å². The van der Waals surface area contributed by atoms with E-state index in [4.69, 9.17) is 9.47 Å². The standard InChI is InChI=1S/C12H18O5S/c1-8(7-13)9-5-11(17-3)12(18(4,14)15)6-10(9)16-2/h5-6,8,13H,7H2,1-4H3. The zero-order valence-corrected chi connectivity index (χ0v) is 11.7. The molecule has 0 saturated carbocycles. The number of aliphatic hydroxyl groups excluding tert-OH is 1. The molecule has 0 bridgehead atoms. The number of hydrogen-bond donors (Lipinski definition) is 1. The summed E-state index contributed by atoms with van der Waals surface area (Å²) >= 11 is 0. The van der Waals surface area contributed by atoms with Crippen LogP contribution in [0.15, 0.2) is 17.0 Å². The van der Waals surface area contributed by atoms with E-state index in [0.29, 0.717) is 11.3 Å². The van der Waals surface area contributed by atoms with Crippen molar-refractivity contribution in [3.05, 3.63) is 17.7 Å². The first-order valence-corrected chi connectivity index (χ1v) is 7.31. The van der Waals surface area contributed by atoms with Gasteiger partial charge in [-0.05, 0) is 6.07 Å². The fraction of sp³-hybridized carbons (Fsp3) is 0.500. The van der Waals surface area contributed by atoms with Gasteiger partial charge in [0.05, 0.1) is 14.2 Å². The van der Waals surface area contributed by atoms with E-state index < -0.39 is 9.84 Å². The first-order chi connectivity index (χ1) is 8.35. The first-order valence-electron chi connectivity index (χ1n) is 5.42. The van der Waals surface area contributed by atoms with Crippen LogP contribution in [0.1, 0.15) is 18.4 Å². The predicted molar refractivity (Wildman–Crippen MR) is 68.2 cm³/mol. The number of ether oxygens (including phenoxy) is 2. The number of sulfone groups is 1. The van der Waals surface area contributed by atoms with Crippen molar-refractivity contribution in [3.8, 4) is 11.5 Å². The number of rotatable bonds is 5. The van der Waals surface area contributed by atoms with Gasteiger partial charge in [0, 0.05) is 30.4 Å². The highest BCUT2D eigenvalue weighted by Crippen LogP contribution is 2.35. The summed E-state index contributed by atoms with van der Waals surface area (Å²) in [6.45, 7) is 1.76. The molecule has 0 aromatic heterocycles. The van der Waals surface area contributed by atoms with E-state index in [1.165, 1.54) is 20.3 Å². The molecule has 1 unspecified atom stereocenters. The predicted octanol–water partition coefficient (Wildman–Crippen LogP) is 1.20. The van der Waals surface area contributed by atoms with Gasteiger partial charge in [-0.3, -0.25) is 0 Å². The number of benzene rings is 1. The monoisotopic (exact) mass is 274 g/mol. The summed E-state index contributed by atoms with van der Waals surface area (Å²) in [6.07, 6.45) is 1.11. The average molecular weight is 274 g/mol. The van der Waals surface area contributed by atoms with Crippen molar-refractivity contribution in [1.82, 2.24) is 0 Å². The minimum absolute atomic E-state index is 0.0578. The van der Waals surface area contributed by atoms with Gasteiger partial charge in [0.15, 0.2) is 9.84 Å². The van der Waals surface area contributed by atoms with E-state index in [1.54, 1.807) is 6.07 Å². The van der Waals surface area contributed by atoms with Crippen molar-refractivity contribution < 1.29 is 23.0 Å². The second-order valence-electron chi connectivity index (χ2n) is 4.10. The Labute approximate surface area is 107 Å². The highest BCUT2D eigenvalue weighted by atomic mass is 32.2. The minimum Gasteiger partial charge on any atom is -0.496 e. The summed E-state index contributed by atoms with van der Waals surface area (Å²) in [4.78, 5) is 0.0794. The van der Waals surface area contributed by atoms with E-state index >= 15 is 0 Å². The molecule has 0 amide bonds. The molecule has 1 rings (SSSR count). The largest absolute Gasteiger partial charge is 0.496 e. The molecule has 1 atom stereocenters. The van der Waals surface area contributed by atoms with E-state index in [-0.39, 0.29) is 23.2 Å². The second-order valence-corrected chi connectivity index (χ2v) is 6.08. The summed E-state index contributed by atoms with van der Waals surface area (Å²) in [5, 5.41) is 9.19. The van der Waals surface area contributed by atoms with Gasteiger partial charge in [0.2, 0.25) is 0 Å². The Morgan fingerprint density at radius 1 is 1.22 bits per heavy atom. The van der Waals surface area contributed by atoms with E-state index in [1.807, 2.05) is 6.92 Å². The molecule has 0 saturated heterocycles. The summed E-state index contributed by atoms with van der Waals surface area (Å²) in [5.41, 5.74) is 0.712. The van der Waals surface area contributed by atoms with Crippen molar-refractivity contribution in [2.75, 3.05) is 27.1 Å². The zero-order valence-electron chi connectivity index (χ0n) is 10.9. The quantitative estimate of drug-likeness (QED) is 0.873. The Hall–Kier alpha value is -1.27. The first kappa shape index (κ1) is 14.8. The van der Waals surface area contributed by atoms with E-state index in [2.05, 4.69) is 0 Å². The van der Waals surface area contributed by atoms with Crippen molar-refractivity contribution in [3.63, 3.8) is 0 Å². The van der Waals surface area contributed by atoms with Crippen LogP contribution in [0.25, 0.3) is 0 Å². The summed E-state index contributed by atoms with van der Waals surface area (Å²) in [5.74, 6) is 0.522. The minimum atomic E-state index is -3.39. The number of aliphatic hydroxyl groups is 1. The molecule has 0 radical (unpaired) electrons. The normalized spacial score (nSPS) is 13.2.